The highest BCUT2D eigenvalue weighted by molar-refractivity contribution is 5.26. The first-order chi connectivity index (χ1) is 8.95. The Morgan fingerprint density at radius 2 is 1.79 bits per heavy atom. The molecule has 1 atom stereocenters. The lowest BCUT2D eigenvalue weighted by molar-refractivity contribution is -0.137. The SMILES string of the molecule is COCCCCNC(C)c1ccc(C(F)(F)F)cc1. The van der Waals surface area contributed by atoms with Gasteiger partial charge < -0.3 is 10.1 Å². The van der Waals surface area contributed by atoms with Crippen LogP contribution in [0, 0.1) is 0 Å². The Morgan fingerprint density at radius 1 is 1.16 bits per heavy atom. The van der Waals surface area contributed by atoms with Crippen LogP contribution in [0.1, 0.15) is 36.9 Å². The van der Waals surface area contributed by atoms with E-state index in [-0.39, 0.29) is 6.04 Å². The lowest BCUT2D eigenvalue weighted by Crippen LogP contribution is -2.20. The van der Waals surface area contributed by atoms with Crippen LogP contribution in [0.25, 0.3) is 0 Å². The molecule has 0 spiro atoms. The zero-order valence-corrected chi connectivity index (χ0v) is 11.3. The molecule has 0 aliphatic rings. The van der Waals surface area contributed by atoms with E-state index < -0.39 is 11.7 Å². The first-order valence-electron chi connectivity index (χ1n) is 6.34. The number of hydrogen-bond donors (Lipinski definition) is 1. The first-order valence-corrected chi connectivity index (χ1v) is 6.34. The molecule has 0 aliphatic heterocycles. The molecule has 0 radical (unpaired) electrons. The lowest BCUT2D eigenvalue weighted by Gasteiger charge is -2.15. The van der Waals surface area contributed by atoms with Gasteiger partial charge in [-0.1, -0.05) is 12.1 Å². The summed E-state index contributed by atoms with van der Waals surface area (Å²) in [6, 6.07) is 5.34. The molecule has 1 rings (SSSR count). The highest BCUT2D eigenvalue weighted by Crippen LogP contribution is 2.29. The van der Waals surface area contributed by atoms with Gasteiger partial charge in [0.15, 0.2) is 0 Å². The number of nitrogens with one attached hydrogen (secondary N) is 1. The molecule has 0 amide bonds. The molecule has 1 N–H and O–H groups in total. The van der Waals surface area contributed by atoms with Gasteiger partial charge in [-0.25, -0.2) is 0 Å². The van der Waals surface area contributed by atoms with Crippen LogP contribution in [-0.4, -0.2) is 20.3 Å². The average molecular weight is 275 g/mol. The normalized spacial score (nSPS) is 13.5. The maximum Gasteiger partial charge on any atom is 0.416 e. The van der Waals surface area contributed by atoms with Gasteiger partial charge in [-0.2, -0.15) is 13.2 Å². The Labute approximate surface area is 112 Å². The molecular weight excluding hydrogens is 255 g/mol. The minimum atomic E-state index is -4.27. The van der Waals surface area contributed by atoms with Crippen LogP contribution in [-0.2, 0) is 10.9 Å². The van der Waals surface area contributed by atoms with Crippen molar-refractivity contribution in [2.24, 2.45) is 0 Å². The summed E-state index contributed by atoms with van der Waals surface area (Å²) in [5.74, 6) is 0. The second-order valence-corrected chi connectivity index (χ2v) is 4.50. The van der Waals surface area contributed by atoms with Gasteiger partial charge in [-0.3, -0.25) is 0 Å². The molecule has 0 saturated heterocycles. The summed E-state index contributed by atoms with van der Waals surface area (Å²) < 4.78 is 42.2. The van der Waals surface area contributed by atoms with E-state index in [9.17, 15) is 13.2 Å². The predicted molar refractivity (Wildman–Crippen MR) is 69.0 cm³/mol. The summed E-state index contributed by atoms with van der Waals surface area (Å²) in [7, 11) is 1.66. The van der Waals surface area contributed by atoms with Gasteiger partial charge in [0.05, 0.1) is 5.56 Å². The van der Waals surface area contributed by atoms with E-state index in [1.165, 1.54) is 12.1 Å². The van der Waals surface area contributed by atoms with Crippen LogP contribution in [0.2, 0.25) is 0 Å². The second kappa shape index (κ2) is 7.50. The van der Waals surface area contributed by atoms with E-state index in [0.717, 1.165) is 43.7 Å². The van der Waals surface area contributed by atoms with Gasteiger partial charge in [-0.05, 0) is 44.0 Å². The Hall–Kier alpha value is -1.07. The standard InChI is InChI=1S/C14H20F3NO/c1-11(18-9-3-4-10-19-2)12-5-7-13(8-6-12)14(15,16)17/h5-8,11,18H,3-4,9-10H2,1-2H3. The molecule has 0 aliphatic carbocycles. The Balaban J connectivity index is 2.42. The third kappa shape index (κ3) is 5.61. The molecule has 1 unspecified atom stereocenters. The molecule has 0 aromatic heterocycles. The average Bonchev–Trinajstić information content (AvgIpc) is 2.37. The highest BCUT2D eigenvalue weighted by atomic mass is 19.4. The number of alkyl halides is 3. The smallest absolute Gasteiger partial charge is 0.385 e. The van der Waals surface area contributed by atoms with Crippen molar-refractivity contribution in [3.8, 4) is 0 Å². The zero-order valence-electron chi connectivity index (χ0n) is 11.3. The number of halogens is 3. The molecular formula is C14H20F3NO. The summed E-state index contributed by atoms with van der Waals surface area (Å²) in [5, 5.41) is 3.28. The van der Waals surface area contributed by atoms with Crippen molar-refractivity contribution < 1.29 is 17.9 Å². The summed E-state index contributed by atoms with van der Waals surface area (Å²) in [6.07, 6.45) is -2.31. The predicted octanol–water partition coefficient (Wildman–Crippen LogP) is 3.78. The molecule has 0 saturated carbocycles. The fourth-order valence-corrected chi connectivity index (χ4v) is 1.77. The number of ether oxygens (including phenoxy) is 1. The summed E-state index contributed by atoms with van der Waals surface area (Å²) in [5.41, 5.74) is 0.253. The Morgan fingerprint density at radius 3 is 2.32 bits per heavy atom. The van der Waals surface area contributed by atoms with Gasteiger partial charge in [0.25, 0.3) is 0 Å². The van der Waals surface area contributed by atoms with Gasteiger partial charge >= 0.3 is 6.18 Å². The third-order valence-electron chi connectivity index (χ3n) is 2.96. The minimum absolute atomic E-state index is 0.0461. The third-order valence-corrected chi connectivity index (χ3v) is 2.96. The number of benzene rings is 1. The van der Waals surface area contributed by atoms with Crippen LogP contribution in [0.3, 0.4) is 0 Å². The van der Waals surface area contributed by atoms with Crippen molar-refractivity contribution in [2.45, 2.75) is 32.0 Å². The monoisotopic (exact) mass is 275 g/mol. The van der Waals surface area contributed by atoms with Crippen molar-refractivity contribution in [1.29, 1.82) is 0 Å². The molecule has 108 valence electrons. The summed E-state index contributed by atoms with van der Waals surface area (Å²) in [6.45, 7) is 3.50. The van der Waals surface area contributed by atoms with Gasteiger partial charge in [0.1, 0.15) is 0 Å². The number of methoxy groups -OCH3 is 1. The maximum absolute atomic E-state index is 12.4. The van der Waals surface area contributed by atoms with E-state index in [0.29, 0.717) is 0 Å². The van der Waals surface area contributed by atoms with E-state index in [1.807, 2.05) is 6.92 Å². The topological polar surface area (TPSA) is 21.3 Å². The largest absolute Gasteiger partial charge is 0.416 e. The van der Waals surface area contributed by atoms with Crippen LogP contribution < -0.4 is 5.32 Å². The van der Waals surface area contributed by atoms with Crippen molar-refractivity contribution in [2.75, 3.05) is 20.3 Å². The quantitative estimate of drug-likeness (QED) is 0.765. The van der Waals surface area contributed by atoms with Crippen LogP contribution in [0.15, 0.2) is 24.3 Å². The minimum Gasteiger partial charge on any atom is -0.385 e. The molecule has 1 aromatic carbocycles. The van der Waals surface area contributed by atoms with Crippen LogP contribution in [0.5, 0.6) is 0 Å². The van der Waals surface area contributed by atoms with Crippen molar-refractivity contribution in [3.05, 3.63) is 35.4 Å². The van der Waals surface area contributed by atoms with Crippen molar-refractivity contribution in [1.82, 2.24) is 5.32 Å². The van der Waals surface area contributed by atoms with E-state index in [4.69, 9.17) is 4.74 Å². The Bertz CT molecular complexity index is 362. The van der Waals surface area contributed by atoms with Crippen molar-refractivity contribution in [3.63, 3.8) is 0 Å². The van der Waals surface area contributed by atoms with Gasteiger partial charge in [0, 0.05) is 19.8 Å². The van der Waals surface area contributed by atoms with E-state index in [1.54, 1.807) is 7.11 Å². The fraction of sp³-hybridized carbons (Fsp3) is 0.571. The first kappa shape index (κ1) is 16.0. The molecule has 2 nitrogen and oxygen atoms in total. The van der Waals surface area contributed by atoms with Crippen LogP contribution >= 0.6 is 0 Å². The maximum atomic E-state index is 12.4. The highest BCUT2D eigenvalue weighted by Gasteiger charge is 2.30. The lowest BCUT2D eigenvalue weighted by atomic mass is 10.1. The second-order valence-electron chi connectivity index (χ2n) is 4.50. The number of unbranched alkanes of at least 4 members (excludes halogenated alkanes) is 1. The summed E-state index contributed by atoms with van der Waals surface area (Å²) >= 11 is 0. The van der Waals surface area contributed by atoms with Gasteiger partial charge in [0.2, 0.25) is 0 Å². The summed E-state index contributed by atoms with van der Waals surface area (Å²) in [4.78, 5) is 0. The molecule has 0 fully saturated rings. The van der Waals surface area contributed by atoms with Gasteiger partial charge in [-0.15, -0.1) is 0 Å². The molecule has 19 heavy (non-hydrogen) atoms. The number of rotatable bonds is 7. The van der Waals surface area contributed by atoms with Crippen molar-refractivity contribution >= 4 is 0 Å². The van der Waals surface area contributed by atoms with E-state index >= 15 is 0 Å². The molecule has 0 heterocycles. The fourth-order valence-electron chi connectivity index (χ4n) is 1.77. The number of hydrogen-bond acceptors (Lipinski definition) is 2. The zero-order chi connectivity index (χ0) is 14.3. The Kier molecular flexibility index (Phi) is 6.31. The van der Waals surface area contributed by atoms with Crippen LogP contribution in [0.4, 0.5) is 13.2 Å². The molecule has 1 aromatic rings. The molecule has 5 heteroatoms. The van der Waals surface area contributed by atoms with E-state index in [2.05, 4.69) is 5.32 Å². The molecule has 0 bridgehead atoms.